The molecular weight excluding hydrogens is 400 g/mol. The Morgan fingerprint density at radius 2 is 1.77 bits per heavy atom. The third-order valence-electron chi connectivity index (χ3n) is 5.66. The first-order valence-electron chi connectivity index (χ1n) is 10.8. The van der Waals surface area contributed by atoms with Crippen LogP contribution in [0.25, 0.3) is 0 Å². The fraction of sp³-hybridized carbons (Fsp3) is 0.417. The van der Waals surface area contributed by atoms with E-state index < -0.39 is 11.6 Å². The number of carbonyl (C=O) groups is 2. The summed E-state index contributed by atoms with van der Waals surface area (Å²) in [6.45, 7) is 1.79. The number of likely N-dealkylation sites (tertiary alicyclic amines) is 1. The van der Waals surface area contributed by atoms with Crippen LogP contribution in [0.3, 0.4) is 0 Å². The molecule has 0 saturated carbocycles. The molecule has 7 heteroatoms. The normalized spacial score (nSPS) is 14.3. The largest absolute Gasteiger partial charge is 0.356 e. The summed E-state index contributed by atoms with van der Waals surface area (Å²) in [5.74, 6) is -0.951. The number of nitrogens with zero attached hydrogens (tertiary/aromatic N) is 1. The second kappa shape index (κ2) is 11.4. The van der Waals surface area contributed by atoms with Crippen LogP contribution >= 0.6 is 0 Å². The monoisotopic (exact) mass is 429 g/mol. The van der Waals surface area contributed by atoms with Crippen molar-refractivity contribution in [2.24, 2.45) is 5.92 Å². The van der Waals surface area contributed by atoms with E-state index in [9.17, 15) is 18.4 Å². The highest BCUT2D eigenvalue weighted by Gasteiger charge is 2.23. The molecule has 166 valence electrons. The minimum Gasteiger partial charge on any atom is -0.356 e. The highest BCUT2D eigenvalue weighted by molar-refractivity contribution is 5.89. The summed E-state index contributed by atoms with van der Waals surface area (Å²) in [4.78, 5) is 26.0. The number of hydrogen-bond acceptors (Lipinski definition) is 2. The van der Waals surface area contributed by atoms with Crippen LogP contribution in [0.1, 0.15) is 37.7 Å². The molecule has 1 aliphatic rings. The molecule has 1 aliphatic heterocycles. The van der Waals surface area contributed by atoms with Gasteiger partial charge in [-0.15, -0.1) is 0 Å². The van der Waals surface area contributed by atoms with E-state index in [0.717, 1.165) is 44.2 Å². The van der Waals surface area contributed by atoms with E-state index in [0.29, 0.717) is 32.0 Å². The van der Waals surface area contributed by atoms with Gasteiger partial charge in [0.05, 0.1) is 5.69 Å². The minimum absolute atomic E-state index is 0.0245. The number of aryl methyl sites for hydroxylation is 1. The minimum atomic E-state index is -0.789. The van der Waals surface area contributed by atoms with Crippen molar-refractivity contribution in [2.45, 2.75) is 38.5 Å². The summed E-state index contributed by atoms with van der Waals surface area (Å²) in [6, 6.07) is 12.8. The number of rotatable bonds is 8. The fourth-order valence-corrected chi connectivity index (χ4v) is 3.81. The summed E-state index contributed by atoms with van der Waals surface area (Å²) in [7, 11) is 0. The first-order chi connectivity index (χ1) is 15.0. The Hall–Kier alpha value is -2.96. The molecule has 0 radical (unpaired) electrons. The zero-order valence-corrected chi connectivity index (χ0v) is 17.6. The van der Waals surface area contributed by atoms with Gasteiger partial charge in [0.25, 0.3) is 0 Å². The zero-order valence-electron chi connectivity index (χ0n) is 17.6. The second-order valence-corrected chi connectivity index (χ2v) is 7.96. The summed E-state index contributed by atoms with van der Waals surface area (Å²) in [6.07, 6.45) is 4.81. The van der Waals surface area contributed by atoms with Gasteiger partial charge >= 0.3 is 6.03 Å². The zero-order chi connectivity index (χ0) is 22.1. The number of nitrogens with one attached hydrogen (secondary N) is 2. The predicted molar refractivity (Wildman–Crippen MR) is 117 cm³/mol. The smallest absolute Gasteiger partial charge is 0.321 e. The molecule has 0 aromatic heterocycles. The number of urea groups is 1. The standard InChI is InChI=1S/C24H29F2N3O2/c25-20-9-10-22(21(26)17-20)28-24(31)29-15-12-19(13-16-29)11-14-27-23(30)8-4-7-18-5-2-1-3-6-18/h1-3,5-6,9-10,17,19H,4,7-8,11-16H2,(H,27,30)(H,28,31). The number of amides is 3. The van der Waals surface area contributed by atoms with E-state index in [1.165, 1.54) is 11.6 Å². The van der Waals surface area contributed by atoms with E-state index in [-0.39, 0.29) is 17.6 Å². The van der Waals surface area contributed by atoms with Crippen LogP contribution in [-0.4, -0.2) is 36.5 Å². The van der Waals surface area contributed by atoms with Gasteiger partial charge in [0, 0.05) is 32.1 Å². The molecule has 3 rings (SSSR count). The number of hydrogen-bond donors (Lipinski definition) is 2. The Balaban J connectivity index is 1.29. The van der Waals surface area contributed by atoms with Gasteiger partial charge in [0.15, 0.2) is 0 Å². The van der Waals surface area contributed by atoms with Crippen molar-refractivity contribution in [3.8, 4) is 0 Å². The summed E-state index contributed by atoms with van der Waals surface area (Å²) < 4.78 is 26.7. The van der Waals surface area contributed by atoms with Crippen molar-refractivity contribution in [1.29, 1.82) is 0 Å². The molecule has 2 aromatic carbocycles. The van der Waals surface area contributed by atoms with Crippen molar-refractivity contribution in [1.82, 2.24) is 10.2 Å². The maximum Gasteiger partial charge on any atom is 0.321 e. The van der Waals surface area contributed by atoms with Gasteiger partial charge in [-0.2, -0.15) is 0 Å². The molecule has 3 amide bonds. The van der Waals surface area contributed by atoms with Crippen LogP contribution in [0.4, 0.5) is 19.3 Å². The summed E-state index contributed by atoms with van der Waals surface area (Å²) >= 11 is 0. The van der Waals surface area contributed by atoms with Gasteiger partial charge in [-0.25, -0.2) is 13.6 Å². The van der Waals surface area contributed by atoms with Gasteiger partial charge in [-0.1, -0.05) is 30.3 Å². The van der Waals surface area contributed by atoms with Crippen LogP contribution < -0.4 is 10.6 Å². The molecule has 1 saturated heterocycles. The lowest BCUT2D eigenvalue weighted by Crippen LogP contribution is -2.41. The lowest BCUT2D eigenvalue weighted by atomic mass is 9.93. The molecule has 0 aliphatic carbocycles. The van der Waals surface area contributed by atoms with Crippen LogP contribution in [-0.2, 0) is 11.2 Å². The van der Waals surface area contributed by atoms with Crippen LogP contribution in [0.15, 0.2) is 48.5 Å². The van der Waals surface area contributed by atoms with Crippen LogP contribution in [0.5, 0.6) is 0 Å². The SMILES string of the molecule is O=C(CCCc1ccccc1)NCCC1CCN(C(=O)Nc2ccc(F)cc2F)CC1. The second-order valence-electron chi connectivity index (χ2n) is 7.96. The molecule has 2 aromatic rings. The quantitative estimate of drug-likeness (QED) is 0.637. The number of anilines is 1. The Morgan fingerprint density at radius 1 is 1.03 bits per heavy atom. The van der Waals surface area contributed by atoms with Crippen molar-refractivity contribution in [2.75, 3.05) is 25.0 Å². The molecule has 0 bridgehead atoms. The van der Waals surface area contributed by atoms with E-state index in [2.05, 4.69) is 22.8 Å². The molecular formula is C24H29F2N3O2. The number of piperidine rings is 1. The summed E-state index contributed by atoms with van der Waals surface area (Å²) in [5, 5.41) is 5.49. The third kappa shape index (κ3) is 7.35. The molecule has 0 unspecified atom stereocenters. The van der Waals surface area contributed by atoms with E-state index in [1.807, 2.05) is 18.2 Å². The van der Waals surface area contributed by atoms with Crippen LogP contribution in [0, 0.1) is 17.6 Å². The fourth-order valence-electron chi connectivity index (χ4n) is 3.81. The van der Waals surface area contributed by atoms with E-state index in [4.69, 9.17) is 0 Å². The highest BCUT2D eigenvalue weighted by atomic mass is 19.1. The van der Waals surface area contributed by atoms with E-state index >= 15 is 0 Å². The molecule has 0 spiro atoms. The molecule has 1 heterocycles. The van der Waals surface area contributed by atoms with Gasteiger partial charge < -0.3 is 15.5 Å². The third-order valence-corrected chi connectivity index (χ3v) is 5.66. The van der Waals surface area contributed by atoms with Crippen LogP contribution in [0.2, 0.25) is 0 Å². The van der Waals surface area contributed by atoms with E-state index in [1.54, 1.807) is 4.90 Å². The lowest BCUT2D eigenvalue weighted by molar-refractivity contribution is -0.121. The first-order valence-corrected chi connectivity index (χ1v) is 10.8. The number of carbonyl (C=O) groups excluding carboxylic acids is 2. The number of benzene rings is 2. The Morgan fingerprint density at radius 3 is 2.48 bits per heavy atom. The van der Waals surface area contributed by atoms with Crippen molar-refractivity contribution < 1.29 is 18.4 Å². The van der Waals surface area contributed by atoms with Gasteiger partial charge in [-0.05, 0) is 55.7 Å². The average Bonchev–Trinajstić information content (AvgIpc) is 2.77. The molecule has 5 nitrogen and oxygen atoms in total. The summed E-state index contributed by atoms with van der Waals surface area (Å²) in [5.41, 5.74) is 1.22. The maximum absolute atomic E-state index is 13.7. The predicted octanol–water partition coefficient (Wildman–Crippen LogP) is 4.74. The lowest BCUT2D eigenvalue weighted by Gasteiger charge is -2.32. The van der Waals surface area contributed by atoms with Gasteiger partial charge in [0.1, 0.15) is 11.6 Å². The average molecular weight is 430 g/mol. The topological polar surface area (TPSA) is 61.4 Å². The molecule has 0 atom stereocenters. The van der Waals surface area contributed by atoms with Crippen molar-refractivity contribution in [3.63, 3.8) is 0 Å². The Bertz CT molecular complexity index is 868. The Labute approximate surface area is 181 Å². The first kappa shape index (κ1) is 22.7. The highest BCUT2D eigenvalue weighted by Crippen LogP contribution is 2.22. The van der Waals surface area contributed by atoms with Crippen molar-refractivity contribution in [3.05, 3.63) is 65.7 Å². The van der Waals surface area contributed by atoms with Gasteiger partial charge in [0.2, 0.25) is 5.91 Å². The van der Waals surface area contributed by atoms with Gasteiger partial charge in [-0.3, -0.25) is 4.79 Å². The van der Waals surface area contributed by atoms with Crippen molar-refractivity contribution >= 4 is 17.6 Å². The maximum atomic E-state index is 13.7. The number of halogens is 2. The molecule has 2 N–H and O–H groups in total. The molecule has 1 fully saturated rings. The molecule has 31 heavy (non-hydrogen) atoms. The Kier molecular flexibility index (Phi) is 8.38.